The van der Waals surface area contributed by atoms with Crippen LogP contribution in [0.3, 0.4) is 0 Å². The molecule has 0 N–H and O–H groups in total. The number of carboxylic acid groups (broad SMARTS) is 1. The van der Waals surface area contributed by atoms with Crippen molar-refractivity contribution in [2.45, 2.75) is 154 Å². The summed E-state index contributed by atoms with van der Waals surface area (Å²) < 4.78 is 17.0. The summed E-state index contributed by atoms with van der Waals surface area (Å²) in [6.45, 7) is 4.44. The van der Waals surface area contributed by atoms with Gasteiger partial charge >= 0.3 is 11.9 Å². The fourth-order valence-corrected chi connectivity index (χ4v) is 5.28. The molecule has 0 spiro atoms. The van der Waals surface area contributed by atoms with Gasteiger partial charge in [0, 0.05) is 19.3 Å². The molecule has 2 unspecified atom stereocenters. The number of carbonyl (C=O) groups is 3. The molecule has 0 aromatic carbocycles. The van der Waals surface area contributed by atoms with Gasteiger partial charge in [-0.05, 0) is 70.6 Å². The van der Waals surface area contributed by atoms with E-state index in [1.54, 1.807) is 21.1 Å². The molecule has 0 aromatic heterocycles. The molecule has 0 saturated carbocycles. The molecule has 8 nitrogen and oxygen atoms in total. The van der Waals surface area contributed by atoms with E-state index >= 15 is 0 Å². The fourth-order valence-electron chi connectivity index (χ4n) is 5.28. The van der Waals surface area contributed by atoms with Crippen LogP contribution in [0.15, 0.2) is 60.8 Å². The van der Waals surface area contributed by atoms with Crippen LogP contribution < -0.4 is 5.11 Å². The van der Waals surface area contributed by atoms with Crippen LogP contribution in [0.4, 0.5) is 0 Å². The zero-order chi connectivity index (χ0) is 37.8. The van der Waals surface area contributed by atoms with Gasteiger partial charge in [-0.3, -0.25) is 9.59 Å². The molecule has 0 aliphatic carbocycles. The number of likely N-dealkylation sites (N-methyl/N-ethyl adjacent to an activating group) is 1. The number of quaternary nitrogens is 1. The van der Waals surface area contributed by atoms with E-state index < -0.39 is 18.1 Å². The Morgan fingerprint density at radius 3 is 1.67 bits per heavy atom. The topological polar surface area (TPSA) is 102 Å². The average molecular weight is 716 g/mol. The highest BCUT2D eigenvalue weighted by molar-refractivity contribution is 5.70. The Labute approximate surface area is 311 Å². The first-order valence-electron chi connectivity index (χ1n) is 19.8. The Hall–Kier alpha value is -2.97. The number of hydrogen-bond acceptors (Lipinski definition) is 7. The lowest BCUT2D eigenvalue weighted by atomic mass is 10.1. The first kappa shape index (κ1) is 48.0. The number of carbonyl (C=O) groups excluding carboxylic acids is 3. The van der Waals surface area contributed by atoms with Crippen LogP contribution in [0.25, 0.3) is 0 Å². The second-order valence-electron chi connectivity index (χ2n) is 14.1. The molecule has 0 saturated heterocycles. The molecule has 0 aliphatic rings. The first-order valence-corrected chi connectivity index (χ1v) is 19.8. The van der Waals surface area contributed by atoms with Crippen molar-refractivity contribution >= 4 is 17.9 Å². The predicted octanol–water partition coefficient (Wildman–Crippen LogP) is 8.91. The Bertz CT molecular complexity index is 1020. The molecule has 2 atom stereocenters. The smallest absolute Gasteiger partial charge is 0.306 e. The maximum atomic E-state index is 12.7. The predicted molar refractivity (Wildman–Crippen MR) is 208 cm³/mol. The van der Waals surface area contributed by atoms with Crippen LogP contribution >= 0.6 is 0 Å². The molecule has 0 rings (SSSR count). The van der Waals surface area contributed by atoms with Gasteiger partial charge in [0.2, 0.25) is 0 Å². The minimum atomic E-state index is -1.13. The van der Waals surface area contributed by atoms with Crippen molar-refractivity contribution in [1.82, 2.24) is 0 Å². The number of aliphatic carboxylic acids is 1. The van der Waals surface area contributed by atoms with Gasteiger partial charge in [-0.1, -0.05) is 113 Å². The molecule has 0 heterocycles. The summed E-state index contributed by atoms with van der Waals surface area (Å²) >= 11 is 0. The number of esters is 2. The highest BCUT2D eigenvalue weighted by Gasteiger charge is 2.25. The maximum absolute atomic E-state index is 12.7. The summed E-state index contributed by atoms with van der Waals surface area (Å²) in [7, 11) is 5.38. The molecule has 0 aromatic rings. The lowest BCUT2D eigenvalue weighted by molar-refractivity contribution is -0.889. The Balaban J connectivity index is 4.49. The van der Waals surface area contributed by atoms with Crippen molar-refractivity contribution in [3.63, 3.8) is 0 Å². The van der Waals surface area contributed by atoms with Gasteiger partial charge in [-0.2, -0.15) is 0 Å². The molecular weight excluding hydrogens is 642 g/mol. The normalized spacial score (nSPS) is 13.7. The van der Waals surface area contributed by atoms with Crippen molar-refractivity contribution in [2.75, 3.05) is 41.0 Å². The molecule has 8 heteroatoms. The summed E-state index contributed by atoms with van der Waals surface area (Å²) in [5, 5.41) is 11.6. The monoisotopic (exact) mass is 716 g/mol. The highest BCUT2D eigenvalue weighted by Crippen LogP contribution is 2.12. The minimum absolute atomic E-state index is 0.0225. The minimum Gasteiger partial charge on any atom is -0.544 e. The number of ether oxygens (including phenoxy) is 3. The molecule has 0 bridgehead atoms. The zero-order valence-corrected chi connectivity index (χ0v) is 33.0. The van der Waals surface area contributed by atoms with E-state index in [0.717, 1.165) is 83.5 Å². The van der Waals surface area contributed by atoms with Gasteiger partial charge in [0.05, 0.1) is 40.3 Å². The van der Waals surface area contributed by atoms with E-state index in [9.17, 15) is 19.5 Å². The van der Waals surface area contributed by atoms with Crippen molar-refractivity contribution in [1.29, 1.82) is 0 Å². The van der Waals surface area contributed by atoms with E-state index in [1.807, 2.05) is 0 Å². The third-order valence-electron chi connectivity index (χ3n) is 8.39. The summed E-state index contributed by atoms with van der Waals surface area (Å²) in [6, 6.07) is -0.734. The van der Waals surface area contributed by atoms with Crippen LogP contribution in [0.1, 0.15) is 142 Å². The van der Waals surface area contributed by atoms with Crippen LogP contribution in [-0.2, 0) is 28.6 Å². The largest absolute Gasteiger partial charge is 0.544 e. The number of hydrogen-bond donors (Lipinski definition) is 0. The van der Waals surface area contributed by atoms with Crippen LogP contribution in [0, 0.1) is 0 Å². The number of nitrogens with zero attached hydrogens (tertiary/aromatic N) is 1. The lowest BCUT2D eigenvalue weighted by Gasteiger charge is -2.34. The average Bonchev–Trinajstić information content (AvgIpc) is 3.08. The van der Waals surface area contributed by atoms with Crippen LogP contribution in [0.2, 0.25) is 0 Å². The van der Waals surface area contributed by atoms with E-state index in [1.165, 1.54) is 19.3 Å². The van der Waals surface area contributed by atoms with E-state index in [2.05, 4.69) is 74.6 Å². The number of rotatable bonds is 34. The van der Waals surface area contributed by atoms with Gasteiger partial charge in [0.25, 0.3) is 0 Å². The molecule has 0 aliphatic heterocycles. The van der Waals surface area contributed by atoms with Crippen molar-refractivity contribution in [3.05, 3.63) is 60.8 Å². The molecule has 0 fully saturated rings. The SMILES string of the molecule is CC/C=C/C/C=C/C/C=C/C/C=C/CCCCCC(=O)OC(COCCC(C(=O)[O-])[N+](C)(C)C)COC(=O)CCCCCCC/C=C/CCCC. The lowest BCUT2D eigenvalue weighted by Crippen LogP contribution is -2.55. The Morgan fingerprint density at radius 2 is 1.10 bits per heavy atom. The third kappa shape index (κ3) is 32.7. The fraction of sp³-hybridized carbons (Fsp3) is 0.698. The summed E-state index contributed by atoms with van der Waals surface area (Å²) in [5.74, 6) is -1.80. The number of carboxylic acids is 1. The van der Waals surface area contributed by atoms with Gasteiger partial charge in [-0.15, -0.1) is 0 Å². The van der Waals surface area contributed by atoms with Gasteiger partial charge < -0.3 is 28.6 Å². The second kappa shape index (κ2) is 34.1. The Kier molecular flexibility index (Phi) is 32.1. The molecule has 51 heavy (non-hydrogen) atoms. The molecule has 0 radical (unpaired) electrons. The second-order valence-corrected chi connectivity index (χ2v) is 14.1. The van der Waals surface area contributed by atoms with Crippen LogP contribution in [-0.4, -0.2) is 75.5 Å². The van der Waals surface area contributed by atoms with Gasteiger partial charge in [-0.25, -0.2) is 0 Å². The number of allylic oxidation sites excluding steroid dienone is 10. The molecular formula is C43H73NO7. The third-order valence-corrected chi connectivity index (χ3v) is 8.39. The van der Waals surface area contributed by atoms with E-state index in [4.69, 9.17) is 14.2 Å². The quantitative estimate of drug-likeness (QED) is 0.0284. The van der Waals surface area contributed by atoms with Crippen molar-refractivity contribution in [3.8, 4) is 0 Å². The standard InChI is InChI=1S/C43H73NO7/c1-6-8-10-12-14-16-18-19-20-21-22-24-26-28-30-32-34-42(46)51-39(37-49-36-35-40(43(47)48)44(3,4)5)38-50-41(45)33-31-29-27-25-23-17-15-13-11-9-7-2/h8,10,13-16,19-20,22,24,39-40H,6-7,9,11-12,17-18,21,23,25-38H2,1-5H3/b10-8+,15-13+,16-14+,20-19+,24-22+. The van der Waals surface area contributed by atoms with E-state index in [0.29, 0.717) is 12.8 Å². The van der Waals surface area contributed by atoms with Crippen molar-refractivity contribution < 1.29 is 38.2 Å². The molecule has 0 amide bonds. The highest BCUT2D eigenvalue weighted by atomic mass is 16.6. The van der Waals surface area contributed by atoms with Gasteiger partial charge in [0.1, 0.15) is 12.6 Å². The Morgan fingerprint density at radius 1 is 0.608 bits per heavy atom. The maximum Gasteiger partial charge on any atom is 0.306 e. The summed E-state index contributed by atoms with van der Waals surface area (Å²) in [6.07, 6.45) is 39.6. The van der Waals surface area contributed by atoms with Crippen molar-refractivity contribution in [2.24, 2.45) is 0 Å². The van der Waals surface area contributed by atoms with Crippen LogP contribution in [0.5, 0.6) is 0 Å². The number of unbranched alkanes of at least 4 members (excludes halogenated alkanes) is 10. The zero-order valence-electron chi connectivity index (χ0n) is 33.0. The van der Waals surface area contributed by atoms with Gasteiger partial charge in [0.15, 0.2) is 6.10 Å². The summed E-state index contributed by atoms with van der Waals surface area (Å²) in [4.78, 5) is 36.7. The summed E-state index contributed by atoms with van der Waals surface area (Å²) in [5.41, 5.74) is 0. The van der Waals surface area contributed by atoms with E-state index in [-0.39, 0.29) is 49.1 Å². The first-order chi connectivity index (χ1) is 24.6. The molecule has 292 valence electrons.